The Kier molecular flexibility index (Phi) is 4.95. The zero-order valence-corrected chi connectivity index (χ0v) is 11.3. The molecule has 0 bridgehead atoms. The van der Waals surface area contributed by atoms with Gasteiger partial charge in [-0.3, -0.25) is 0 Å². The van der Waals surface area contributed by atoms with Gasteiger partial charge in [-0.15, -0.1) is 0 Å². The highest BCUT2D eigenvalue weighted by atomic mass is 16.4. The molecule has 18 heavy (non-hydrogen) atoms. The smallest absolute Gasteiger partial charge is 0.326 e. The Balaban J connectivity index is 2.63. The molecule has 1 aliphatic rings. The van der Waals surface area contributed by atoms with Crippen molar-refractivity contribution in [3.8, 4) is 0 Å². The number of nitrogens with zero attached hydrogens (tertiary/aromatic N) is 1. The molecule has 0 aromatic rings. The van der Waals surface area contributed by atoms with Crippen LogP contribution in [0.5, 0.6) is 0 Å². The Morgan fingerprint density at radius 2 is 1.94 bits per heavy atom. The van der Waals surface area contributed by atoms with Crippen molar-refractivity contribution in [3.63, 3.8) is 0 Å². The van der Waals surface area contributed by atoms with Crippen LogP contribution in [-0.4, -0.2) is 54.2 Å². The van der Waals surface area contributed by atoms with Crippen LogP contribution >= 0.6 is 0 Å². The topological polar surface area (TPSA) is 81.7 Å². The summed E-state index contributed by atoms with van der Waals surface area (Å²) in [7, 11) is 0. The first kappa shape index (κ1) is 14.8. The van der Waals surface area contributed by atoms with Crippen molar-refractivity contribution in [1.29, 1.82) is 0 Å². The van der Waals surface area contributed by atoms with E-state index in [1.165, 1.54) is 0 Å². The maximum atomic E-state index is 12.0. The summed E-state index contributed by atoms with van der Waals surface area (Å²) in [6.45, 7) is 8.33. The number of hydrogen-bond acceptors (Lipinski definition) is 3. The second kappa shape index (κ2) is 6.04. The van der Waals surface area contributed by atoms with Crippen molar-refractivity contribution in [1.82, 2.24) is 15.5 Å². The van der Waals surface area contributed by atoms with Gasteiger partial charge < -0.3 is 20.6 Å². The molecule has 6 heteroatoms. The highest BCUT2D eigenvalue weighted by molar-refractivity contribution is 5.83. The Morgan fingerprint density at radius 1 is 1.28 bits per heavy atom. The minimum absolute atomic E-state index is 0.291. The molecule has 0 saturated carbocycles. The molecule has 0 spiro atoms. The lowest BCUT2D eigenvalue weighted by Gasteiger charge is -2.30. The fourth-order valence-electron chi connectivity index (χ4n) is 1.91. The summed E-state index contributed by atoms with van der Waals surface area (Å²) in [5, 5.41) is 15.0. The molecule has 2 amide bonds. The molecule has 0 aromatic carbocycles. The second-order valence-corrected chi connectivity index (χ2v) is 5.68. The highest BCUT2D eigenvalue weighted by Crippen LogP contribution is 2.19. The van der Waals surface area contributed by atoms with Gasteiger partial charge in [-0.1, -0.05) is 20.8 Å². The van der Waals surface area contributed by atoms with Gasteiger partial charge in [0.25, 0.3) is 0 Å². The van der Waals surface area contributed by atoms with Gasteiger partial charge in [0.1, 0.15) is 6.04 Å². The average Bonchev–Trinajstić information content (AvgIpc) is 2.51. The van der Waals surface area contributed by atoms with E-state index in [1.54, 1.807) is 25.7 Å². The zero-order chi connectivity index (χ0) is 13.8. The predicted molar refractivity (Wildman–Crippen MR) is 68.5 cm³/mol. The van der Waals surface area contributed by atoms with E-state index < -0.39 is 17.4 Å². The molecule has 6 nitrogen and oxygen atoms in total. The lowest BCUT2D eigenvalue weighted by atomic mass is 9.87. The number of aliphatic carboxylic acids is 1. The lowest BCUT2D eigenvalue weighted by Crippen LogP contribution is -2.53. The van der Waals surface area contributed by atoms with E-state index in [0.29, 0.717) is 13.1 Å². The monoisotopic (exact) mass is 257 g/mol. The van der Waals surface area contributed by atoms with Gasteiger partial charge in [0.15, 0.2) is 0 Å². The normalized spacial score (nSPS) is 18.9. The minimum Gasteiger partial charge on any atom is -0.480 e. The molecule has 104 valence electrons. The van der Waals surface area contributed by atoms with Crippen LogP contribution in [0.4, 0.5) is 4.79 Å². The molecular weight excluding hydrogens is 234 g/mol. The van der Waals surface area contributed by atoms with Crippen molar-refractivity contribution in [3.05, 3.63) is 0 Å². The van der Waals surface area contributed by atoms with Crippen LogP contribution in [0.3, 0.4) is 0 Å². The van der Waals surface area contributed by atoms with Crippen LogP contribution in [0.25, 0.3) is 0 Å². The molecule has 1 rings (SSSR count). The summed E-state index contributed by atoms with van der Waals surface area (Å²) < 4.78 is 0. The summed E-state index contributed by atoms with van der Waals surface area (Å²) >= 11 is 0. The Morgan fingerprint density at radius 3 is 2.50 bits per heavy atom. The van der Waals surface area contributed by atoms with E-state index in [4.69, 9.17) is 5.11 Å². The van der Waals surface area contributed by atoms with Crippen molar-refractivity contribution < 1.29 is 14.7 Å². The van der Waals surface area contributed by atoms with Crippen LogP contribution < -0.4 is 10.6 Å². The summed E-state index contributed by atoms with van der Waals surface area (Å²) in [6.07, 6.45) is 0.890. The number of urea groups is 1. The predicted octanol–water partition coefficient (Wildman–Crippen LogP) is 0.491. The quantitative estimate of drug-likeness (QED) is 0.672. The van der Waals surface area contributed by atoms with Crippen molar-refractivity contribution in [2.24, 2.45) is 5.41 Å². The lowest BCUT2D eigenvalue weighted by molar-refractivity contribution is -0.142. The summed E-state index contributed by atoms with van der Waals surface area (Å²) in [5.74, 6) is -0.996. The van der Waals surface area contributed by atoms with Gasteiger partial charge in [0, 0.05) is 19.6 Å². The second-order valence-electron chi connectivity index (χ2n) is 5.68. The molecule has 1 atom stereocenters. The summed E-state index contributed by atoms with van der Waals surface area (Å²) in [6, 6.07) is -1.16. The first-order chi connectivity index (χ1) is 8.32. The third-order valence-electron chi connectivity index (χ3n) is 3.01. The third-order valence-corrected chi connectivity index (χ3v) is 3.01. The molecule has 1 heterocycles. The standard InChI is InChI=1S/C12H23N3O3/c1-12(2,3)9(10(16)17)14-11(18)15-7-4-5-13-6-8-15/h9,13H,4-8H2,1-3H3,(H,14,18)(H,16,17)/t9-/m0/s1. The number of amides is 2. The molecule has 0 unspecified atom stereocenters. The summed E-state index contributed by atoms with van der Waals surface area (Å²) in [4.78, 5) is 24.9. The van der Waals surface area contributed by atoms with Gasteiger partial charge in [-0.25, -0.2) is 9.59 Å². The number of hydrogen-bond donors (Lipinski definition) is 3. The molecule has 3 N–H and O–H groups in total. The van der Waals surface area contributed by atoms with E-state index in [-0.39, 0.29) is 6.03 Å². The number of rotatable bonds is 2. The highest BCUT2D eigenvalue weighted by Gasteiger charge is 2.33. The van der Waals surface area contributed by atoms with Gasteiger partial charge in [0.05, 0.1) is 0 Å². The number of carbonyl (C=O) groups excluding carboxylic acids is 1. The maximum Gasteiger partial charge on any atom is 0.326 e. The average molecular weight is 257 g/mol. The van der Waals surface area contributed by atoms with Crippen molar-refractivity contribution in [2.75, 3.05) is 26.2 Å². The van der Waals surface area contributed by atoms with Crippen LogP contribution in [0, 0.1) is 5.41 Å². The molecule has 0 radical (unpaired) electrons. The zero-order valence-electron chi connectivity index (χ0n) is 11.3. The Labute approximate surface area is 108 Å². The molecule has 1 fully saturated rings. The SMILES string of the molecule is CC(C)(C)[C@@H](NC(=O)N1CCCNCC1)C(=O)O. The fraction of sp³-hybridized carbons (Fsp3) is 0.833. The maximum absolute atomic E-state index is 12.0. The van der Waals surface area contributed by atoms with Crippen LogP contribution in [0.1, 0.15) is 27.2 Å². The molecule has 0 aliphatic carbocycles. The van der Waals surface area contributed by atoms with Gasteiger partial charge in [0.2, 0.25) is 0 Å². The first-order valence-corrected chi connectivity index (χ1v) is 6.31. The van der Waals surface area contributed by atoms with Crippen LogP contribution in [0.15, 0.2) is 0 Å². The van der Waals surface area contributed by atoms with E-state index in [2.05, 4.69) is 10.6 Å². The molecule has 1 aliphatic heterocycles. The third kappa shape index (κ3) is 4.18. The molecular formula is C12H23N3O3. The van der Waals surface area contributed by atoms with Crippen molar-refractivity contribution in [2.45, 2.75) is 33.2 Å². The van der Waals surface area contributed by atoms with E-state index in [9.17, 15) is 9.59 Å². The van der Waals surface area contributed by atoms with Gasteiger partial charge in [-0.2, -0.15) is 0 Å². The number of carbonyl (C=O) groups is 2. The molecule has 1 saturated heterocycles. The van der Waals surface area contributed by atoms with E-state index >= 15 is 0 Å². The number of carboxylic acids is 1. The first-order valence-electron chi connectivity index (χ1n) is 6.31. The molecule has 0 aromatic heterocycles. The number of nitrogens with one attached hydrogen (secondary N) is 2. The van der Waals surface area contributed by atoms with Gasteiger partial charge in [-0.05, 0) is 18.4 Å². The van der Waals surface area contributed by atoms with Gasteiger partial charge >= 0.3 is 12.0 Å². The number of carboxylic acid groups (broad SMARTS) is 1. The van der Waals surface area contributed by atoms with E-state index in [1.807, 2.05) is 0 Å². The minimum atomic E-state index is -0.996. The fourth-order valence-corrected chi connectivity index (χ4v) is 1.91. The summed E-state index contributed by atoms with van der Waals surface area (Å²) in [5.41, 5.74) is -0.508. The Bertz CT molecular complexity index is 304. The largest absolute Gasteiger partial charge is 0.480 e. The Hall–Kier alpha value is -1.30. The van der Waals surface area contributed by atoms with E-state index in [0.717, 1.165) is 19.5 Å². The van der Waals surface area contributed by atoms with Crippen LogP contribution in [0.2, 0.25) is 0 Å². The van der Waals surface area contributed by atoms with Crippen molar-refractivity contribution >= 4 is 12.0 Å². The van der Waals surface area contributed by atoms with Crippen LogP contribution in [-0.2, 0) is 4.79 Å².